The second-order valence-electron chi connectivity index (χ2n) is 6.47. The number of nitrogens with one attached hydrogen (secondary N) is 1. The van der Waals surface area contributed by atoms with Gasteiger partial charge in [-0.2, -0.15) is 11.8 Å². The molecule has 0 saturated carbocycles. The monoisotopic (exact) mass is 302 g/mol. The predicted molar refractivity (Wildman–Crippen MR) is 82.1 cm³/mol. The lowest BCUT2D eigenvalue weighted by Crippen LogP contribution is -2.52. The van der Waals surface area contributed by atoms with E-state index in [1.807, 2.05) is 0 Å². The number of carboxylic acids is 1. The maximum Gasteiger partial charge on any atom is 0.317 e. The highest BCUT2D eigenvalue weighted by Crippen LogP contribution is 2.24. The van der Waals surface area contributed by atoms with E-state index in [-0.39, 0.29) is 23.9 Å². The van der Waals surface area contributed by atoms with Crippen molar-refractivity contribution in [2.24, 2.45) is 11.3 Å². The molecule has 116 valence electrons. The Balaban J connectivity index is 2.53. The van der Waals surface area contributed by atoms with Crippen LogP contribution in [0, 0.1) is 11.3 Å². The lowest BCUT2D eigenvalue weighted by atomic mass is 9.82. The van der Waals surface area contributed by atoms with E-state index in [2.05, 4.69) is 33.0 Å². The van der Waals surface area contributed by atoms with Crippen LogP contribution in [0.25, 0.3) is 0 Å². The van der Waals surface area contributed by atoms with Crippen molar-refractivity contribution in [3.63, 3.8) is 0 Å². The molecule has 5 nitrogen and oxygen atoms in total. The smallest absolute Gasteiger partial charge is 0.317 e. The van der Waals surface area contributed by atoms with E-state index in [0.717, 1.165) is 5.75 Å². The Labute approximate surface area is 125 Å². The third-order valence-corrected chi connectivity index (χ3v) is 5.03. The van der Waals surface area contributed by atoms with Crippen molar-refractivity contribution in [1.29, 1.82) is 0 Å². The van der Waals surface area contributed by atoms with Gasteiger partial charge < -0.3 is 15.3 Å². The number of hydrogen-bond acceptors (Lipinski definition) is 3. The van der Waals surface area contributed by atoms with Gasteiger partial charge in [-0.1, -0.05) is 27.7 Å². The Hall–Kier alpha value is -0.910. The topological polar surface area (TPSA) is 69.6 Å². The zero-order valence-electron chi connectivity index (χ0n) is 12.8. The molecule has 0 aliphatic carbocycles. The number of carboxylic acid groups (broad SMARTS) is 1. The number of amides is 2. The highest BCUT2D eigenvalue weighted by molar-refractivity contribution is 7.99. The van der Waals surface area contributed by atoms with E-state index in [0.29, 0.717) is 24.8 Å². The van der Waals surface area contributed by atoms with Crippen LogP contribution < -0.4 is 5.32 Å². The minimum Gasteiger partial charge on any atom is -0.481 e. The molecule has 1 rings (SSSR count). The Morgan fingerprint density at radius 3 is 2.65 bits per heavy atom. The lowest BCUT2D eigenvalue weighted by molar-refractivity contribution is -0.137. The summed E-state index contributed by atoms with van der Waals surface area (Å²) < 4.78 is 0. The molecule has 2 unspecified atom stereocenters. The average molecular weight is 302 g/mol. The van der Waals surface area contributed by atoms with Crippen LogP contribution in [0.1, 0.15) is 34.1 Å². The molecule has 2 amide bonds. The van der Waals surface area contributed by atoms with Gasteiger partial charge in [0.25, 0.3) is 0 Å². The van der Waals surface area contributed by atoms with Crippen LogP contribution in [0.15, 0.2) is 0 Å². The van der Waals surface area contributed by atoms with E-state index < -0.39 is 5.97 Å². The van der Waals surface area contributed by atoms with Crippen molar-refractivity contribution in [1.82, 2.24) is 10.2 Å². The van der Waals surface area contributed by atoms with Crippen molar-refractivity contribution >= 4 is 23.8 Å². The third-order valence-electron chi connectivity index (χ3n) is 3.94. The van der Waals surface area contributed by atoms with Gasteiger partial charge in [0, 0.05) is 24.6 Å². The molecule has 20 heavy (non-hydrogen) atoms. The molecule has 1 saturated heterocycles. The van der Waals surface area contributed by atoms with Crippen LogP contribution in [0.2, 0.25) is 0 Å². The molecule has 0 bridgehead atoms. The summed E-state index contributed by atoms with van der Waals surface area (Å²) in [4.78, 5) is 24.8. The van der Waals surface area contributed by atoms with E-state index in [1.54, 1.807) is 16.7 Å². The number of rotatable bonds is 4. The largest absolute Gasteiger partial charge is 0.481 e. The molecule has 0 aromatic heterocycles. The van der Waals surface area contributed by atoms with Crippen molar-refractivity contribution in [2.75, 3.05) is 24.6 Å². The van der Waals surface area contributed by atoms with Crippen molar-refractivity contribution < 1.29 is 14.7 Å². The minimum atomic E-state index is -0.849. The summed E-state index contributed by atoms with van der Waals surface area (Å²) in [5, 5.41) is 11.9. The maximum absolute atomic E-state index is 12.2. The summed E-state index contributed by atoms with van der Waals surface area (Å²) >= 11 is 1.71. The van der Waals surface area contributed by atoms with Crippen LogP contribution in [-0.2, 0) is 4.79 Å². The predicted octanol–water partition coefficient (Wildman–Crippen LogP) is 2.27. The molecular formula is C14H26N2O3S. The van der Waals surface area contributed by atoms with Crippen LogP contribution >= 0.6 is 11.8 Å². The van der Waals surface area contributed by atoms with E-state index in [1.165, 1.54) is 0 Å². The van der Waals surface area contributed by atoms with Gasteiger partial charge in [0.15, 0.2) is 0 Å². The Kier molecular flexibility index (Phi) is 6.17. The normalized spacial score (nSPS) is 21.4. The number of nitrogens with zero attached hydrogens (tertiary/aromatic N) is 1. The number of thioether (sulfide) groups is 1. The first-order chi connectivity index (χ1) is 9.21. The van der Waals surface area contributed by atoms with E-state index >= 15 is 0 Å². The lowest BCUT2D eigenvalue weighted by Gasteiger charge is -2.35. The number of urea groups is 1. The average Bonchev–Trinajstić information content (AvgIpc) is 2.34. The summed E-state index contributed by atoms with van der Waals surface area (Å²) in [6.07, 6.45) is 0.0231. The molecule has 1 aliphatic heterocycles. The van der Waals surface area contributed by atoms with Gasteiger partial charge in [-0.05, 0) is 11.3 Å². The Morgan fingerprint density at radius 2 is 2.10 bits per heavy atom. The Bertz CT molecular complexity index is 355. The second-order valence-corrected chi connectivity index (χ2v) is 7.62. The van der Waals surface area contributed by atoms with Gasteiger partial charge in [-0.25, -0.2) is 4.79 Å². The number of carbonyl (C=O) groups excluding carboxylic acids is 1. The van der Waals surface area contributed by atoms with Crippen LogP contribution in [0.4, 0.5) is 4.79 Å². The van der Waals surface area contributed by atoms with Crippen LogP contribution in [0.3, 0.4) is 0 Å². The third kappa shape index (κ3) is 5.23. The maximum atomic E-state index is 12.2. The summed E-state index contributed by atoms with van der Waals surface area (Å²) in [5.74, 6) is 1.09. The molecule has 0 aromatic rings. The van der Waals surface area contributed by atoms with Gasteiger partial charge in [0.2, 0.25) is 0 Å². The fourth-order valence-corrected chi connectivity index (χ4v) is 3.00. The standard InChI is InChI=1S/C14H26N2O3S/c1-10(14(2,3)4)8-15-13(19)16-5-6-20-9-11(16)7-12(17)18/h10-11H,5-9H2,1-4H3,(H,15,19)(H,17,18). The van der Waals surface area contributed by atoms with Crippen LogP contribution in [0.5, 0.6) is 0 Å². The van der Waals surface area contributed by atoms with Gasteiger partial charge in [0.05, 0.1) is 12.5 Å². The molecule has 2 N–H and O–H groups in total. The van der Waals surface area contributed by atoms with Gasteiger partial charge in [-0.15, -0.1) is 0 Å². The molecule has 1 fully saturated rings. The molecule has 0 radical (unpaired) electrons. The second kappa shape index (κ2) is 7.20. The van der Waals surface area contributed by atoms with Gasteiger partial charge >= 0.3 is 12.0 Å². The highest BCUT2D eigenvalue weighted by Gasteiger charge is 2.29. The summed E-state index contributed by atoms with van der Waals surface area (Å²) in [7, 11) is 0. The van der Waals surface area contributed by atoms with Crippen molar-refractivity contribution in [3.8, 4) is 0 Å². The summed E-state index contributed by atoms with van der Waals surface area (Å²) in [6.45, 7) is 9.79. The quantitative estimate of drug-likeness (QED) is 0.836. The van der Waals surface area contributed by atoms with Crippen LogP contribution in [-0.4, -0.2) is 52.6 Å². The zero-order chi connectivity index (χ0) is 15.3. The first-order valence-electron chi connectivity index (χ1n) is 7.06. The van der Waals surface area contributed by atoms with Crippen molar-refractivity contribution in [3.05, 3.63) is 0 Å². The minimum absolute atomic E-state index is 0.0231. The summed E-state index contributed by atoms with van der Waals surface area (Å²) in [5.41, 5.74) is 0.144. The first-order valence-corrected chi connectivity index (χ1v) is 8.21. The molecule has 0 spiro atoms. The van der Waals surface area contributed by atoms with Gasteiger partial charge in [0.1, 0.15) is 0 Å². The molecule has 2 atom stereocenters. The fraction of sp³-hybridized carbons (Fsp3) is 0.857. The number of hydrogen-bond donors (Lipinski definition) is 2. The van der Waals surface area contributed by atoms with Crippen molar-refractivity contribution in [2.45, 2.75) is 40.2 Å². The Morgan fingerprint density at radius 1 is 1.45 bits per heavy atom. The molecular weight excluding hydrogens is 276 g/mol. The number of carbonyl (C=O) groups is 2. The van der Waals surface area contributed by atoms with E-state index in [4.69, 9.17) is 5.11 Å². The molecule has 0 aromatic carbocycles. The SMILES string of the molecule is CC(CNC(=O)N1CCSCC1CC(=O)O)C(C)(C)C. The fourth-order valence-electron chi connectivity index (χ4n) is 1.94. The first kappa shape index (κ1) is 17.1. The van der Waals surface area contributed by atoms with E-state index in [9.17, 15) is 9.59 Å². The zero-order valence-corrected chi connectivity index (χ0v) is 13.6. The molecule has 1 heterocycles. The number of aliphatic carboxylic acids is 1. The summed E-state index contributed by atoms with van der Waals surface area (Å²) in [6, 6.07) is -0.330. The van der Waals surface area contributed by atoms with Gasteiger partial charge in [-0.3, -0.25) is 4.79 Å². The highest BCUT2D eigenvalue weighted by atomic mass is 32.2. The molecule has 1 aliphatic rings. The molecule has 6 heteroatoms.